The van der Waals surface area contributed by atoms with Gasteiger partial charge in [-0.1, -0.05) is 0 Å². The van der Waals surface area contributed by atoms with Crippen LogP contribution >= 0.6 is 0 Å². The Morgan fingerprint density at radius 3 is 2.21 bits per heavy atom. The van der Waals surface area contributed by atoms with Gasteiger partial charge in [0.05, 0.1) is 6.61 Å². The predicted octanol–water partition coefficient (Wildman–Crippen LogP) is 2.21. The summed E-state index contributed by atoms with van der Waals surface area (Å²) in [4.78, 5) is 12.2. The summed E-state index contributed by atoms with van der Waals surface area (Å²) in [5, 5.41) is 0. The molecule has 0 aromatic carbocycles. The zero-order valence-corrected chi connectivity index (χ0v) is 10.1. The van der Waals surface area contributed by atoms with Gasteiger partial charge >= 0.3 is 18.0 Å². The molecule has 1 unspecified atom stereocenters. The largest absolute Gasteiger partial charge is 0.463 e. The van der Waals surface area contributed by atoms with Crippen LogP contribution in [0, 0.1) is 5.92 Å². The summed E-state index contributed by atoms with van der Waals surface area (Å²) in [6.45, 7) is 0.663. The Bertz CT molecular complexity index is 347. The van der Waals surface area contributed by atoms with Gasteiger partial charge in [-0.2, -0.15) is 22.0 Å². The first-order valence-corrected chi connectivity index (χ1v) is 6.07. The fourth-order valence-electron chi connectivity index (χ4n) is 2.09. The van der Waals surface area contributed by atoms with E-state index in [1.807, 2.05) is 0 Å². The SMILES string of the molecule is O=C(N(CC1CCOC1)C1CC1)C(F)(F)C(F)(F)F. The number of rotatable bonds is 4. The zero-order valence-electron chi connectivity index (χ0n) is 10.1. The molecule has 1 saturated heterocycles. The molecule has 0 spiro atoms. The first-order valence-electron chi connectivity index (χ1n) is 6.07. The number of hydrogen-bond donors (Lipinski definition) is 0. The van der Waals surface area contributed by atoms with Gasteiger partial charge in [-0.15, -0.1) is 0 Å². The maximum atomic E-state index is 13.1. The van der Waals surface area contributed by atoms with Crippen LogP contribution in [-0.2, 0) is 9.53 Å². The number of carbonyl (C=O) groups excluding carboxylic acids is 1. The lowest BCUT2D eigenvalue weighted by Crippen LogP contribution is -2.53. The van der Waals surface area contributed by atoms with Crippen LogP contribution in [0.25, 0.3) is 0 Å². The summed E-state index contributed by atoms with van der Waals surface area (Å²) in [5.74, 6) is -7.60. The van der Waals surface area contributed by atoms with E-state index in [1.54, 1.807) is 0 Å². The quantitative estimate of drug-likeness (QED) is 0.742. The Morgan fingerprint density at radius 1 is 1.16 bits per heavy atom. The van der Waals surface area contributed by atoms with E-state index >= 15 is 0 Å². The van der Waals surface area contributed by atoms with Crippen LogP contribution in [0.2, 0.25) is 0 Å². The number of ether oxygens (including phenoxy) is 1. The van der Waals surface area contributed by atoms with E-state index in [1.165, 1.54) is 0 Å². The third-order valence-corrected chi connectivity index (χ3v) is 3.35. The Balaban J connectivity index is 2.08. The van der Waals surface area contributed by atoms with Gasteiger partial charge in [-0.25, -0.2) is 0 Å². The van der Waals surface area contributed by atoms with E-state index < -0.39 is 24.0 Å². The van der Waals surface area contributed by atoms with Crippen LogP contribution in [-0.4, -0.2) is 48.7 Å². The second kappa shape index (κ2) is 4.88. The maximum absolute atomic E-state index is 13.1. The second-order valence-electron chi connectivity index (χ2n) is 4.99. The number of nitrogens with zero attached hydrogens (tertiary/aromatic N) is 1. The van der Waals surface area contributed by atoms with E-state index in [9.17, 15) is 26.7 Å². The number of halogens is 5. The number of hydrogen-bond acceptors (Lipinski definition) is 2. The minimum absolute atomic E-state index is 0.0881. The Kier molecular flexibility index (Phi) is 3.72. The van der Waals surface area contributed by atoms with Crippen LogP contribution in [0.5, 0.6) is 0 Å². The lowest BCUT2D eigenvalue weighted by molar-refractivity contribution is -0.274. The lowest BCUT2D eigenvalue weighted by atomic mass is 10.1. The summed E-state index contributed by atoms with van der Waals surface area (Å²) in [5.41, 5.74) is 0. The van der Waals surface area contributed by atoms with Gasteiger partial charge < -0.3 is 9.64 Å². The summed E-state index contributed by atoms with van der Waals surface area (Å²) < 4.78 is 67.9. The molecule has 0 N–H and O–H groups in total. The zero-order chi connectivity index (χ0) is 14.3. The molecule has 1 amide bonds. The van der Waals surface area contributed by atoms with Gasteiger partial charge in [0.2, 0.25) is 0 Å². The molecule has 2 fully saturated rings. The van der Waals surface area contributed by atoms with E-state index in [0.29, 0.717) is 37.4 Å². The standard InChI is InChI=1S/C11H14F5NO2/c12-10(13,11(14,15)16)9(18)17(8-1-2-8)5-7-3-4-19-6-7/h7-8H,1-6H2. The highest BCUT2D eigenvalue weighted by Gasteiger charge is 2.65. The number of carbonyl (C=O) groups is 1. The molecule has 1 aliphatic heterocycles. The van der Waals surface area contributed by atoms with Crippen LogP contribution in [0.15, 0.2) is 0 Å². The van der Waals surface area contributed by atoms with Gasteiger partial charge in [0, 0.05) is 25.1 Å². The average molecular weight is 287 g/mol. The van der Waals surface area contributed by atoms with Crippen molar-refractivity contribution in [3.8, 4) is 0 Å². The molecule has 0 aromatic rings. The van der Waals surface area contributed by atoms with Crippen molar-refractivity contribution >= 4 is 5.91 Å². The highest BCUT2D eigenvalue weighted by molar-refractivity contribution is 5.85. The molecule has 2 aliphatic rings. The van der Waals surface area contributed by atoms with Crippen LogP contribution in [0.1, 0.15) is 19.3 Å². The van der Waals surface area contributed by atoms with Gasteiger partial charge in [-0.3, -0.25) is 4.79 Å². The third kappa shape index (κ3) is 2.98. The van der Waals surface area contributed by atoms with Crippen molar-refractivity contribution in [1.29, 1.82) is 0 Å². The highest BCUT2D eigenvalue weighted by atomic mass is 19.4. The lowest BCUT2D eigenvalue weighted by Gasteiger charge is -2.29. The molecular weight excluding hydrogens is 273 g/mol. The minimum Gasteiger partial charge on any atom is -0.381 e. The fraction of sp³-hybridized carbons (Fsp3) is 0.909. The van der Waals surface area contributed by atoms with Crippen molar-refractivity contribution in [3.05, 3.63) is 0 Å². The molecule has 0 bridgehead atoms. The van der Waals surface area contributed by atoms with Gasteiger partial charge in [-0.05, 0) is 19.3 Å². The molecule has 3 nitrogen and oxygen atoms in total. The molecule has 1 aliphatic carbocycles. The molecular formula is C11H14F5NO2. The molecule has 8 heteroatoms. The Hall–Kier alpha value is -0.920. The molecule has 1 heterocycles. The predicted molar refractivity (Wildman–Crippen MR) is 54.7 cm³/mol. The Morgan fingerprint density at radius 2 is 1.79 bits per heavy atom. The summed E-state index contributed by atoms with van der Waals surface area (Å²) >= 11 is 0. The first kappa shape index (κ1) is 14.5. The van der Waals surface area contributed by atoms with E-state index in [0.717, 1.165) is 0 Å². The second-order valence-corrected chi connectivity index (χ2v) is 4.99. The molecule has 2 rings (SSSR count). The first-order chi connectivity index (χ1) is 8.73. The highest BCUT2D eigenvalue weighted by Crippen LogP contribution is 2.40. The number of amides is 1. The van der Waals surface area contributed by atoms with Crippen molar-refractivity contribution < 1.29 is 31.5 Å². The van der Waals surface area contributed by atoms with E-state index in [2.05, 4.69) is 0 Å². The minimum atomic E-state index is -5.84. The molecule has 19 heavy (non-hydrogen) atoms. The monoisotopic (exact) mass is 287 g/mol. The number of alkyl halides is 5. The van der Waals surface area contributed by atoms with Crippen LogP contribution in [0.4, 0.5) is 22.0 Å². The van der Waals surface area contributed by atoms with Crippen LogP contribution in [0.3, 0.4) is 0 Å². The van der Waals surface area contributed by atoms with Gasteiger partial charge in [0.1, 0.15) is 0 Å². The topological polar surface area (TPSA) is 29.5 Å². The normalized spacial score (nSPS) is 24.6. The smallest absolute Gasteiger partial charge is 0.381 e. The maximum Gasteiger partial charge on any atom is 0.463 e. The van der Waals surface area contributed by atoms with Crippen LogP contribution < -0.4 is 0 Å². The molecule has 110 valence electrons. The van der Waals surface area contributed by atoms with E-state index in [-0.39, 0.29) is 12.5 Å². The van der Waals surface area contributed by atoms with E-state index in [4.69, 9.17) is 4.74 Å². The van der Waals surface area contributed by atoms with Crippen molar-refractivity contribution in [3.63, 3.8) is 0 Å². The van der Waals surface area contributed by atoms with Crippen molar-refractivity contribution in [2.75, 3.05) is 19.8 Å². The summed E-state index contributed by atoms with van der Waals surface area (Å²) in [6.07, 6.45) is -4.31. The molecule has 1 saturated carbocycles. The van der Waals surface area contributed by atoms with Crippen molar-refractivity contribution in [2.45, 2.75) is 37.4 Å². The van der Waals surface area contributed by atoms with Gasteiger partial charge in [0.15, 0.2) is 0 Å². The molecule has 1 atom stereocenters. The summed E-state index contributed by atoms with van der Waals surface area (Å²) in [6, 6.07) is -0.485. The average Bonchev–Trinajstić information content (AvgIpc) is 3.01. The molecule has 0 radical (unpaired) electrons. The fourth-order valence-corrected chi connectivity index (χ4v) is 2.09. The Labute approximate surface area is 106 Å². The van der Waals surface area contributed by atoms with Crippen molar-refractivity contribution in [2.24, 2.45) is 5.92 Å². The summed E-state index contributed by atoms with van der Waals surface area (Å²) in [7, 11) is 0. The molecule has 0 aromatic heterocycles. The third-order valence-electron chi connectivity index (χ3n) is 3.35. The van der Waals surface area contributed by atoms with Crippen molar-refractivity contribution in [1.82, 2.24) is 4.90 Å². The van der Waals surface area contributed by atoms with Gasteiger partial charge in [0.25, 0.3) is 0 Å².